The van der Waals surface area contributed by atoms with E-state index in [1.54, 1.807) is 12.4 Å². The predicted molar refractivity (Wildman–Crippen MR) is 72.8 cm³/mol. The Morgan fingerprint density at radius 2 is 2.35 bits per heavy atom. The van der Waals surface area contributed by atoms with E-state index in [1.807, 2.05) is 6.92 Å². The molecule has 1 N–H and O–H groups in total. The third kappa shape index (κ3) is 2.19. The van der Waals surface area contributed by atoms with Crippen molar-refractivity contribution >= 4 is 11.8 Å². The molecule has 0 radical (unpaired) electrons. The first-order valence-corrected chi connectivity index (χ1v) is 7.16. The van der Waals surface area contributed by atoms with Crippen LogP contribution in [-0.2, 0) is 4.79 Å². The Hall–Kier alpha value is -1.85. The van der Waals surface area contributed by atoms with Crippen LogP contribution < -0.4 is 9.64 Å². The van der Waals surface area contributed by atoms with Crippen molar-refractivity contribution in [2.24, 2.45) is 5.92 Å². The van der Waals surface area contributed by atoms with Gasteiger partial charge in [-0.2, -0.15) is 4.98 Å². The Bertz CT molecular complexity index is 508. The van der Waals surface area contributed by atoms with Crippen LogP contribution in [0.3, 0.4) is 0 Å². The molecule has 2 aliphatic heterocycles. The van der Waals surface area contributed by atoms with Gasteiger partial charge in [-0.05, 0) is 25.7 Å². The molecule has 3 rings (SSSR count). The van der Waals surface area contributed by atoms with Gasteiger partial charge in [-0.25, -0.2) is 0 Å². The number of aliphatic carboxylic acids is 1. The summed E-state index contributed by atoms with van der Waals surface area (Å²) in [5, 5.41) is 9.28. The Labute approximate surface area is 117 Å². The highest BCUT2D eigenvalue weighted by atomic mass is 16.5. The minimum Gasteiger partial charge on any atom is -0.481 e. The highest BCUT2D eigenvalue weighted by Crippen LogP contribution is 2.44. The normalized spacial score (nSPS) is 27.9. The second-order valence-electron chi connectivity index (χ2n) is 5.45. The minimum absolute atomic E-state index is 0.0493. The SMILES string of the molecule is CCCOc1cncc(N2C3CCC2C(C(=O)O)C3)n1. The second kappa shape index (κ2) is 5.26. The summed E-state index contributed by atoms with van der Waals surface area (Å²) in [5.74, 6) is 0.279. The third-order valence-corrected chi connectivity index (χ3v) is 4.17. The van der Waals surface area contributed by atoms with Crippen LogP contribution in [0.15, 0.2) is 12.4 Å². The van der Waals surface area contributed by atoms with Gasteiger partial charge in [0.1, 0.15) is 0 Å². The molecule has 0 saturated carbocycles. The van der Waals surface area contributed by atoms with E-state index in [0.29, 0.717) is 18.9 Å². The van der Waals surface area contributed by atoms with E-state index in [2.05, 4.69) is 14.9 Å². The van der Waals surface area contributed by atoms with Gasteiger partial charge < -0.3 is 14.7 Å². The summed E-state index contributed by atoms with van der Waals surface area (Å²) in [6, 6.07) is 0.324. The summed E-state index contributed by atoms with van der Waals surface area (Å²) in [4.78, 5) is 22.1. The van der Waals surface area contributed by atoms with Crippen LogP contribution in [0.1, 0.15) is 32.6 Å². The van der Waals surface area contributed by atoms with Gasteiger partial charge in [0.05, 0.1) is 24.9 Å². The Balaban J connectivity index is 1.81. The molecule has 0 aromatic carbocycles. The maximum absolute atomic E-state index is 11.3. The molecule has 1 aromatic heterocycles. The van der Waals surface area contributed by atoms with Gasteiger partial charge in [-0.15, -0.1) is 0 Å². The van der Waals surface area contributed by atoms with Crippen LogP contribution in [-0.4, -0.2) is 39.7 Å². The molecule has 1 aromatic rings. The van der Waals surface area contributed by atoms with Gasteiger partial charge >= 0.3 is 5.97 Å². The van der Waals surface area contributed by atoms with Gasteiger partial charge in [-0.3, -0.25) is 9.78 Å². The van der Waals surface area contributed by atoms with Gasteiger partial charge in [0, 0.05) is 12.1 Å². The average Bonchev–Trinajstić information content (AvgIpc) is 3.03. The fourth-order valence-electron chi connectivity index (χ4n) is 3.35. The number of carbonyl (C=O) groups is 1. The fourth-order valence-corrected chi connectivity index (χ4v) is 3.35. The molecule has 3 atom stereocenters. The molecule has 2 bridgehead atoms. The summed E-state index contributed by atoms with van der Waals surface area (Å²) in [7, 11) is 0. The van der Waals surface area contributed by atoms with Crippen molar-refractivity contribution < 1.29 is 14.6 Å². The van der Waals surface area contributed by atoms with Crippen molar-refractivity contribution in [2.75, 3.05) is 11.5 Å². The maximum atomic E-state index is 11.3. The number of carboxylic acids is 1. The summed E-state index contributed by atoms with van der Waals surface area (Å²) in [6.45, 7) is 2.65. The number of anilines is 1. The van der Waals surface area contributed by atoms with E-state index >= 15 is 0 Å². The monoisotopic (exact) mass is 277 g/mol. The van der Waals surface area contributed by atoms with Gasteiger partial charge in [0.15, 0.2) is 5.82 Å². The standard InChI is InChI=1S/C14H19N3O3/c1-2-5-20-13-8-15-7-12(16-13)17-9-3-4-11(17)10(6-9)14(18)19/h7-11H,2-6H2,1H3,(H,18,19). The number of rotatable bonds is 5. The first kappa shape index (κ1) is 13.1. The zero-order chi connectivity index (χ0) is 14.1. The van der Waals surface area contributed by atoms with Crippen LogP contribution in [0.25, 0.3) is 0 Å². The number of hydrogen-bond acceptors (Lipinski definition) is 5. The van der Waals surface area contributed by atoms with E-state index in [0.717, 1.165) is 25.1 Å². The van der Waals surface area contributed by atoms with Crippen LogP contribution >= 0.6 is 0 Å². The molecule has 3 unspecified atom stereocenters. The van der Waals surface area contributed by atoms with Crippen LogP contribution in [0, 0.1) is 5.92 Å². The first-order chi connectivity index (χ1) is 9.70. The first-order valence-electron chi connectivity index (χ1n) is 7.16. The van der Waals surface area contributed by atoms with E-state index in [4.69, 9.17) is 4.74 Å². The molecule has 6 nitrogen and oxygen atoms in total. The number of aromatic nitrogens is 2. The molecule has 20 heavy (non-hydrogen) atoms. The molecule has 0 spiro atoms. The largest absolute Gasteiger partial charge is 0.481 e. The van der Waals surface area contributed by atoms with Gasteiger partial charge in [0.2, 0.25) is 5.88 Å². The zero-order valence-electron chi connectivity index (χ0n) is 11.5. The zero-order valence-corrected chi connectivity index (χ0v) is 11.5. The average molecular weight is 277 g/mol. The predicted octanol–water partition coefficient (Wildman–Crippen LogP) is 1.71. The molecular formula is C14H19N3O3. The van der Waals surface area contributed by atoms with Crippen molar-refractivity contribution in [3.63, 3.8) is 0 Å². The lowest BCUT2D eigenvalue weighted by atomic mass is 9.89. The molecule has 2 aliphatic rings. The fraction of sp³-hybridized carbons (Fsp3) is 0.643. The number of fused-ring (bicyclic) bond motifs is 2. The molecule has 108 valence electrons. The topological polar surface area (TPSA) is 75.5 Å². The summed E-state index contributed by atoms with van der Waals surface area (Å²) >= 11 is 0. The van der Waals surface area contributed by atoms with Crippen molar-refractivity contribution in [1.29, 1.82) is 0 Å². The lowest BCUT2D eigenvalue weighted by Crippen LogP contribution is -2.33. The Morgan fingerprint density at radius 1 is 1.50 bits per heavy atom. The molecule has 0 aliphatic carbocycles. The van der Waals surface area contributed by atoms with Crippen molar-refractivity contribution in [3.8, 4) is 5.88 Å². The number of carboxylic acid groups (broad SMARTS) is 1. The second-order valence-corrected chi connectivity index (χ2v) is 5.45. The third-order valence-electron chi connectivity index (χ3n) is 4.17. The highest BCUT2D eigenvalue weighted by Gasteiger charge is 2.49. The minimum atomic E-state index is -0.700. The smallest absolute Gasteiger partial charge is 0.308 e. The van der Waals surface area contributed by atoms with Crippen molar-refractivity contribution in [3.05, 3.63) is 12.4 Å². The van der Waals surface area contributed by atoms with E-state index < -0.39 is 5.97 Å². The van der Waals surface area contributed by atoms with Crippen molar-refractivity contribution in [1.82, 2.24) is 9.97 Å². The molecule has 2 fully saturated rings. The number of nitrogens with zero attached hydrogens (tertiary/aromatic N) is 3. The molecule has 0 amide bonds. The Morgan fingerprint density at radius 3 is 3.05 bits per heavy atom. The summed E-state index contributed by atoms with van der Waals surface area (Å²) in [5.41, 5.74) is 0. The lowest BCUT2D eigenvalue weighted by Gasteiger charge is -2.24. The number of ether oxygens (including phenoxy) is 1. The van der Waals surface area contributed by atoms with E-state index in [9.17, 15) is 9.90 Å². The van der Waals surface area contributed by atoms with Crippen molar-refractivity contribution in [2.45, 2.75) is 44.7 Å². The maximum Gasteiger partial charge on any atom is 0.308 e. The Kier molecular flexibility index (Phi) is 3.46. The number of hydrogen-bond donors (Lipinski definition) is 1. The molecule has 6 heteroatoms. The summed E-state index contributed by atoms with van der Waals surface area (Å²) < 4.78 is 5.50. The van der Waals surface area contributed by atoms with E-state index in [1.165, 1.54) is 0 Å². The molecular weight excluding hydrogens is 258 g/mol. The molecule has 2 saturated heterocycles. The summed E-state index contributed by atoms with van der Waals surface area (Å²) in [6.07, 6.45) is 6.89. The van der Waals surface area contributed by atoms with Crippen LogP contribution in [0.2, 0.25) is 0 Å². The van der Waals surface area contributed by atoms with Crippen LogP contribution in [0.5, 0.6) is 5.88 Å². The van der Waals surface area contributed by atoms with Gasteiger partial charge in [-0.1, -0.05) is 6.92 Å². The van der Waals surface area contributed by atoms with Gasteiger partial charge in [0.25, 0.3) is 0 Å². The highest BCUT2D eigenvalue weighted by molar-refractivity contribution is 5.73. The lowest BCUT2D eigenvalue weighted by molar-refractivity contribution is -0.142. The molecule has 3 heterocycles. The quantitative estimate of drug-likeness (QED) is 0.883. The van der Waals surface area contributed by atoms with Crippen LogP contribution in [0.4, 0.5) is 5.82 Å². The van der Waals surface area contributed by atoms with E-state index in [-0.39, 0.29) is 18.0 Å².